The molecule has 102 valence electrons. The smallest absolute Gasteiger partial charge is 0.412 e. The molecule has 1 N–H and O–H groups in total. The lowest BCUT2D eigenvalue weighted by Crippen LogP contribution is -2.58. The van der Waals surface area contributed by atoms with Gasteiger partial charge >= 0.3 is 12.1 Å². The molecule has 18 heavy (non-hydrogen) atoms. The Morgan fingerprint density at radius 1 is 1.56 bits per heavy atom. The summed E-state index contributed by atoms with van der Waals surface area (Å²) < 4.78 is 10.1. The third-order valence-electron chi connectivity index (χ3n) is 2.70. The van der Waals surface area contributed by atoms with Crippen molar-refractivity contribution >= 4 is 28.0 Å². The van der Waals surface area contributed by atoms with Crippen LogP contribution in [0.25, 0.3) is 0 Å². The van der Waals surface area contributed by atoms with Crippen LogP contribution in [0.3, 0.4) is 0 Å². The topological polar surface area (TPSA) is 76.1 Å². The van der Waals surface area contributed by atoms with Crippen LogP contribution in [0.1, 0.15) is 12.8 Å². The van der Waals surface area contributed by atoms with E-state index in [4.69, 9.17) is 14.6 Å². The van der Waals surface area contributed by atoms with Crippen LogP contribution in [0.4, 0.5) is 4.79 Å². The summed E-state index contributed by atoms with van der Waals surface area (Å²) in [6.45, 7) is 3.47. The number of nitrogens with zero attached hydrogens (tertiary/aromatic N) is 1. The molecule has 0 radical (unpaired) electrons. The van der Waals surface area contributed by atoms with Crippen molar-refractivity contribution in [3.05, 3.63) is 12.7 Å². The standard InChI is InChI=1S/C11H16BrNO5/c1-3-6-18-11(16)13-8(10(14)15)5-4-7(12)9(13)17-2/h3,7-9H,1,4-6H2,2H3,(H,14,15). The largest absolute Gasteiger partial charge is 0.480 e. The summed E-state index contributed by atoms with van der Waals surface area (Å²) in [6, 6.07) is -0.930. The molecule has 0 aliphatic carbocycles. The lowest BCUT2D eigenvalue weighted by Gasteiger charge is -2.40. The van der Waals surface area contributed by atoms with Crippen LogP contribution < -0.4 is 0 Å². The van der Waals surface area contributed by atoms with E-state index in [1.165, 1.54) is 13.2 Å². The first-order valence-corrected chi connectivity index (χ1v) is 6.40. The van der Waals surface area contributed by atoms with Gasteiger partial charge in [0.1, 0.15) is 18.9 Å². The quantitative estimate of drug-likeness (QED) is 0.628. The van der Waals surface area contributed by atoms with Crippen molar-refractivity contribution in [3.8, 4) is 0 Å². The summed E-state index contributed by atoms with van der Waals surface area (Å²) in [5.41, 5.74) is 0. The van der Waals surface area contributed by atoms with Crippen molar-refractivity contribution < 1.29 is 24.2 Å². The normalized spacial score (nSPS) is 27.7. The van der Waals surface area contributed by atoms with Crippen LogP contribution in [0.2, 0.25) is 0 Å². The number of amides is 1. The Kier molecular flexibility index (Phi) is 5.61. The van der Waals surface area contributed by atoms with Gasteiger partial charge in [0.25, 0.3) is 0 Å². The van der Waals surface area contributed by atoms with Gasteiger partial charge in [-0.15, -0.1) is 0 Å². The fourth-order valence-electron chi connectivity index (χ4n) is 1.89. The Bertz CT molecular complexity index is 335. The lowest BCUT2D eigenvalue weighted by molar-refractivity contribution is -0.151. The number of carbonyl (C=O) groups excluding carboxylic acids is 1. The second kappa shape index (κ2) is 6.75. The van der Waals surface area contributed by atoms with E-state index in [9.17, 15) is 9.59 Å². The molecule has 1 heterocycles. The first-order valence-electron chi connectivity index (χ1n) is 5.48. The molecule has 0 aromatic rings. The van der Waals surface area contributed by atoms with E-state index in [-0.39, 0.29) is 11.4 Å². The van der Waals surface area contributed by atoms with Crippen molar-refractivity contribution in [1.29, 1.82) is 0 Å². The van der Waals surface area contributed by atoms with Crippen LogP contribution in [-0.4, -0.2) is 52.9 Å². The minimum atomic E-state index is -1.06. The predicted molar refractivity (Wildman–Crippen MR) is 67.6 cm³/mol. The molecule has 0 bridgehead atoms. The minimum absolute atomic E-state index is 0.0328. The highest BCUT2D eigenvalue weighted by Gasteiger charge is 2.43. The van der Waals surface area contributed by atoms with Crippen molar-refractivity contribution in [2.45, 2.75) is 29.9 Å². The molecule has 1 amide bonds. The number of methoxy groups -OCH3 is 1. The Morgan fingerprint density at radius 2 is 2.22 bits per heavy atom. The Hall–Kier alpha value is -1.08. The zero-order valence-corrected chi connectivity index (χ0v) is 11.6. The molecular weight excluding hydrogens is 306 g/mol. The van der Waals surface area contributed by atoms with Crippen LogP contribution >= 0.6 is 15.9 Å². The Morgan fingerprint density at radius 3 is 2.72 bits per heavy atom. The summed E-state index contributed by atoms with van der Waals surface area (Å²) in [5.74, 6) is -1.06. The van der Waals surface area contributed by atoms with E-state index >= 15 is 0 Å². The lowest BCUT2D eigenvalue weighted by atomic mass is 10.0. The molecule has 0 spiro atoms. The van der Waals surface area contributed by atoms with Gasteiger partial charge in [-0.05, 0) is 12.8 Å². The highest BCUT2D eigenvalue weighted by Crippen LogP contribution is 2.29. The number of piperidine rings is 1. The molecular formula is C11H16BrNO5. The van der Waals surface area contributed by atoms with Crippen LogP contribution in [-0.2, 0) is 14.3 Å². The van der Waals surface area contributed by atoms with E-state index in [1.807, 2.05) is 0 Å². The summed E-state index contributed by atoms with van der Waals surface area (Å²) in [7, 11) is 1.43. The van der Waals surface area contributed by atoms with E-state index in [0.717, 1.165) is 4.90 Å². The molecule has 1 rings (SSSR count). The number of ether oxygens (including phenoxy) is 2. The number of likely N-dealkylation sites (tertiary alicyclic amines) is 1. The number of carbonyl (C=O) groups is 2. The zero-order chi connectivity index (χ0) is 13.7. The minimum Gasteiger partial charge on any atom is -0.480 e. The van der Waals surface area contributed by atoms with E-state index in [1.54, 1.807) is 0 Å². The number of carboxylic acid groups (broad SMARTS) is 1. The molecule has 0 aromatic carbocycles. The molecule has 0 saturated carbocycles. The molecule has 1 aliphatic rings. The number of rotatable bonds is 4. The van der Waals surface area contributed by atoms with Gasteiger partial charge in [-0.3, -0.25) is 4.90 Å². The van der Waals surface area contributed by atoms with Gasteiger partial charge < -0.3 is 14.6 Å². The van der Waals surface area contributed by atoms with Gasteiger partial charge in [-0.1, -0.05) is 28.6 Å². The summed E-state index contributed by atoms with van der Waals surface area (Å²) in [6.07, 6.45) is 1.02. The van der Waals surface area contributed by atoms with Gasteiger partial charge in [0.15, 0.2) is 0 Å². The van der Waals surface area contributed by atoms with Gasteiger partial charge in [-0.25, -0.2) is 9.59 Å². The summed E-state index contributed by atoms with van der Waals surface area (Å²) in [4.78, 5) is 24.1. The van der Waals surface area contributed by atoms with Crippen LogP contribution in [0, 0.1) is 0 Å². The van der Waals surface area contributed by atoms with Crippen molar-refractivity contribution in [2.24, 2.45) is 0 Å². The SMILES string of the molecule is C=CCOC(=O)N1C(C(=O)O)CCC(Br)C1OC. The fourth-order valence-corrected chi connectivity index (χ4v) is 2.62. The van der Waals surface area contributed by atoms with E-state index in [0.29, 0.717) is 12.8 Å². The van der Waals surface area contributed by atoms with Crippen molar-refractivity contribution in [3.63, 3.8) is 0 Å². The number of alkyl halides is 1. The molecule has 3 atom stereocenters. The number of aliphatic carboxylic acids is 1. The summed E-state index contributed by atoms with van der Waals surface area (Å²) in [5, 5.41) is 9.14. The monoisotopic (exact) mass is 321 g/mol. The van der Waals surface area contributed by atoms with Crippen LogP contribution in [0.5, 0.6) is 0 Å². The van der Waals surface area contributed by atoms with Crippen LogP contribution in [0.15, 0.2) is 12.7 Å². The number of hydrogen-bond acceptors (Lipinski definition) is 4. The van der Waals surface area contributed by atoms with Crippen molar-refractivity contribution in [2.75, 3.05) is 13.7 Å². The van der Waals surface area contributed by atoms with Gasteiger partial charge in [0.05, 0.1) is 4.83 Å². The van der Waals surface area contributed by atoms with Gasteiger partial charge in [-0.2, -0.15) is 0 Å². The fraction of sp³-hybridized carbons (Fsp3) is 0.636. The van der Waals surface area contributed by atoms with Gasteiger partial charge in [0.2, 0.25) is 0 Å². The average molecular weight is 322 g/mol. The highest BCUT2D eigenvalue weighted by molar-refractivity contribution is 9.09. The molecule has 0 aromatic heterocycles. The maximum Gasteiger partial charge on any atom is 0.412 e. The first kappa shape index (κ1) is 15.0. The predicted octanol–water partition coefficient (Wildman–Crippen LogP) is 1.59. The maximum absolute atomic E-state index is 11.9. The molecule has 6 nitrogen and oxygen atoms in total. The van der Waals surface area contributed by atoms with Gasteiger partial charge in [0, 0.05) is 7.11 Å². The molecule has 1 fully saturated rings. The van der Waals surface area contributed by atoms with E-state index in [2.05, 4.69) is 22.5 Å². The molecule has 7 heteroatoms. The number of carboxylic acids is 1. The third-order valence-corrected chi connectivity index (χ3v) is 3.61. The second-order valence-corrected chi connectivity index (χ2v) is 5.02. The maximum atomic E-state index is 11.9. The second-order valence-electron chi connectivity index (χ2n) is 3.85. The third kappa shape index (κ3) is 3.23. The average Bonchev–Trinajstić information content (AvgIpc) is 2.34. The Labute approximate surface area is 114 Å². The van der Waals surface area contributed by atoms with E-state index < -0.39 is 24.3 Å². The molecule has 3 unspecified atom stereocenters. The van der Waals surface area contributed by atoms with Crippen molar-refractivity contribution in [1.82, 2.24) is 4.90 Å². The molecule has 1 aliphatic heterocycles. The number of halogens is 1. The zero-order valence-electron chi connectivity index (χ0n) is 10.0. The number of hydrogen-bond donors (Lipinski definition) is 1. The molecule has 1 saturated heterocycles. The summed E-state index contributed by atoms with van der Waals surface area (Å²) >= 11 is 3.38. The first-order chi connectivity index (χ1) is 8.52. The highest BCUT2D eigenvalue weighted by atomic mass is 79.9. The Balaban J connectivity index is 2.89.